The van der Waals surface area contributed by atoms with E-state index in [1.807, 2.05) is 18.2 Å². The standard InChI is InChI=1S/C15H23NO3/c1-10(2)3-5-12(17)15(16)11-4-6-13-14(9-11)19-8-7-18-13/h4,6,9-10,12,15,17H,3,5,7-8,16H2,1-2H3/t12-,15+/m1/s1. The number of aliphatic hydroxyl groups is 1. The molecule has 0 aliphatic carbocycles. The Kier molecular flexibility index (Phi) is 4.66. The van der Waals surface area contributed by atoms with Crippen LogP contribution in [0.4, 0.5) is 0 Å². The molecule has 0 radical (unpaired) electrons. The van der Waals surface area contributed by atoms with Gasteiger partial charge in [-0.05, 0) is 36.5 Å². The van der Waals surface area contributed by atoms with E-state index in [0.29, 0.717) is 25.6 Å². The van der Waals surface area contributed by atoms with Gasteiger partial charge in [-0.25, -0.2) is 0 Å². The average Bonchev–Trinajstić information content (AvgIpc) is 2.43. The van der Waals surface area contributed by atoms with Gasteiger partial charge in [0, 0.05) is 0 Å². The number of hydrogen-bond donors (Lipinski definition) is 2. The van der Waals surface area contributed by atoms with Gasteiger partial charge >= 0.3 is 0 Å². The highest BCUT2D eigenvalue weighted by atomic mass is 16.6. The molecule has 0 amide bonds. The second-order valence-corrected chi connectivity index (χ2v) is 5.47. The Bertz CT molecular complexity index is 420. The third-order valence-corrected chi connectivity index (χ3v) is 3.41. The fourth-order valence-electron chi connectivity index (χ4n) is 2.17. The highest BCUT2D eigenvalue weighted by Crippen LogP contribution is 2.33. The minimum Gasteiger partial charge on any atom is -0.486 e. The van der Waals surface area contributed by atoms with Crippen LogP contribution in [-0.2, 0) is 0 Å². The largest absolute Gasteiger partial charge is 0.486 e. The van der Waals surface area contributed by atoms with Crippen molar-refractivity contribution in [3.63, 3.8) is 0 Å². The number of hydrogen-bond acceptors (Lipinski definition) is 4. The molecule has 3 N–H and O–H groups in total. The lowest BCUT2D eigenvalue weighted by Crippen LogP contribution is -2.26. The average molecular weight is 265 g/mol. The van der Waals surface area contributed by atoms with E-state index >= 15 is 0 Å². The summed E-state index contributed by atoms with van der Waals surface area (Å²) in [5.41, 5.74) is 7.00. The Morgan fingerprint density at radius 2 is 1.84 bits per heavy atom. The Morgan fingerprint density at radius 1 is 1.16 bits per heavy atom. The second kappa shape index (κ2) is 6.26. The first-order valence-corrected chi connectivity index (χ1v) is 6.91. The Hall–Kier alpha value is -1.26. The smallest absolute Gasteiger partial charge is 0.161 e. The zero-order valence-electron chi connectivity index (χ0n) is 11.6. The zero-order valence-corrected chi connectivity index (χ0v) is 11.6. The molecule has 1 aliphatic rings. The van der Waals surface area contributed by atoms with E-state index in [0.717, 1.165) is 23.5 Å². The number of ether oxygens (including phenoxy) is 2. The van der Waals surface area contributed by atoms with Gasteiger partial charge in [-0.15, -0.1) is 0 Å². The molecule has 0 fully saturated rings. The number of nitrogens with two attached hydrogens (primary N) is 1. The van der Waals surface area contributed by atoms with Crippen LogP contribution in [0.1, 0.15) is 38.3 Å². The van der Waals surface area contributed by atoms with Gasteiger partial charge in [0.1, 0.15) is 13.2 Å². The SMILES string of the molecule is CC(C)CC[C@@H](O)[C@@H](N)c1ccc2c(c1)OCCO2. The van der Waals surface area contributed by atoms with Crippen molar-refractivity contribution in [1.82, 2.24) is 0 Å². The van der Waals surface area contributed by atoms with E-state index in [2.05, 4.69) is 13.8 Å². The van der Waals surface area contributed by atoms with Gasteiger partial charge in [0.2, 0.25) is 0 Å². The van der Waals surface area contributed by atoms with Gasteiger partial charge in [0.25, 0.3) is 0 Å². The molecule has 2 rings (SSSR count). The summed E-state index contributed by atoms with van der Waals surface area (Å²) in [6, 6.07) is 5.25. The summed E-state index contributed by atoms with van der Waals surface area (Å²) in [5.74, 6) is 2.04. The molecule has 0 spiro atoms. The molecule has 0 aromatic heterocycles. The van der Waals surface area contributed by atoms with Gasteiger partial charge in [-0.3, -0.25) is 0 Å². The van der Waals surface area contributed by atoms with Crippen LogP contribution in [-0.4, -0.2) is 24.4 Å². The summed E-state index contributed by atoms with van der Waals surface area (Å²) >= 11 is 0. The molecule has 106 valence electrons. The van der Waals surface area contributed by atoms with Crippen LogP contribution in [0.25, 0.3) is 0 Å². The summed E-state index contributed by atoms with van der Waals surface area (Å²) in [7, 11) is 0. The summed E-state index contributed by atoms with van der Waals surface area (Å²) < 4.78 is 11.0. The van der Waals surface area contributed by atoms with Crippen molar-refractivity contribution >= 4 is 0 Å². The fourth-order valence-corrected chi connectivity index (χ4v) is 2.17. The third kappa shape index (κ3) is 3.61. The Labute approximate surface area is 114 Å². The molecule has 2 atom stereocenters. The number of aliphatic hydroxyl groups excluding tert-OH is 1. The second-order valence-electron chi connectivity index (χ2n) is 5.47. The molecule has 0 bridgehead atoms. The molecular formula is C15H23NO3. The Balaban J connectivity index is 2.04. The number of fused-ring (bicyclic) bond motifs is 1. The molecular weight excluding hydrogens is 242 g/mol. The van der Waals surface area contributed by atoms with Crippen molar-refractivity contribution in [1.29, 1.82) is 0 Å². The molecule has 4 nitrogen and oxygen atoms in total. The first-order valence-electron chi connectivity index (χ1n) is 6.91. The summed E-state index contributed by atoms with van der Waals surface area (Å²) in [5, 5.41) is 10.1. The molecule has 1 aromatic carbocycles. The minimum atomic E-state index is -0.523. The molecule has 1 heterocycles. The van der Waals surface area contributed by atoms with Crippen LogP contribution < -0.4 is 15.2 Å². The molecule has 0 saturated heterocycles. The van der Waals surface area contributed by atoms with Crippen LogP contribution in [0, 0.1) is 5.92 Å². The van der Waals surface area contributed by atoms with Crippen molar-refractivity contribution in [3.05, 3.63) is 23.8 Å². The fraction of sp³-hybridized carbons (Fsp3) is 0.600. The van der Waals surface area contributed by atoms with Crippen molar-refractivity contribution in [2.45, 2.75) is 38.8 Å². The van der Waals surface area contributed by atoms with Crippen molar-refractivity contribution in [2.75, 3.05) is 13.2 Å². The van der Waals surface area contributed by atoms with Crippen LogP contribution in [0.15, 0.2) is 18.2 Å². The summed E-state index contributed by atoms with van der Waals surface area (Å²) in [6.45, 7) is 5.42. The van der Waals surface area contributed by atoms with Gasteiger partial charge in [-0.2, -0.15) is 0 Å². The van der Waals surface area contributed by atoms with Gasteiger partial charge < -0.3 is 20.3 Å². The van der Waals surface area contributed by atoms with Gasteiger partial charge in [0.05, 0.1) is 12.1 Å². The lowest BCUT2D eigenvalue weighted by molar-refractivity contribution is 0.127. The lowest BCUT2D eigenvalue weighted by atomic mass is 9.96. The summed E-state index contributed by atoms with van der Waals surface area (Å²) in [6.07, 6.45) is 1.16. The van der Waals surface area contributed by atoms with Gasteiger partial charge in [0.15, 0.2) is 11.5 Å². The van der Waals surface area contributed by atoms with E-state index in [-0.39, 0.29) is 6.04 Å². The van der Waals surface area contributed by atoms with Crippen LogP contribution >= 0.6 is 0 Å². The molecule has 0 unspecified atom stereocenters. The van der Waals surface area contributed by atoms with Crippen molar-refractivity contribution in [3.8, 4) is 11.5 Å². The van der Waals surface area contributed by atoms with E-state index < -0.39 is 6.10 Å². The maximum Gasteiger partial charge on any atom is 0.161 e. The molecule has 0 saturated carbocycles. The highest BCUT2D eigenvalue weighted by Gasteiger charge is 2.20. The molecule has 4 heteroatoms. The first kappa shape index (κ1) is 14.2. The quantitative estimate of drug-likeness (QED) is 0.857. The third-order valence-electron chi connectivity index (χ3n) is 3.41. The topological polar surface area (TPSA) is 64.7 Å². The number of benzene rings is 1. The monoisotopic (exact) mass is 265 g/mol. The maximum atomic E-state index is 10.1. The predicted molar refractivity (Wildman–Crippen MR) is 74.4 cm³/mol. The number of rotatable bonds is 5. The van der Waals surface area contributed by atoms with Crippen LogP contribution in [0.2, 0.25) is 0 Å². The Morgan fingerprint density at radius 3 is 2.53 bits per heavy atom. The predicted octanol–water partition coefficient (Wildman–Crippen LogP) is 2.25. The maximum absolute atomic E-state index is 10.1. The normalized spacial score (nSPS) is 17.3. The van der Waals surface area contributed by atoms with E-state index in [4.69, 9.17) is 15.2 Å². The van der Waals surface area contributed by atoms with E-state index in [1.54, 1.807) is 0 Å². The first-order chi connectivity index (χ1) is 9.08. The summed E-state index contributed by atoms with van der Waals surface area (Å²) in [4.78, 5) is 0. The highest BCUT2D eigenvalue weighted by molar-refractivity contribution is 5.44. The van der Waals surface area contributed by atoms with Crippen molar-refractivity contribution in [2.24, 2.45) is 11.7 Å². The minimum absolute atomic E-state index is 0.380. The van der Waals surface area contributed by atoms with Crippen LogP contribution in [0.3, 0.4) is 0 Å². The lowest BCUT2D eigenvalue weighted by Gasteiger charge is -2.23. The molecule has 19 heavy (non-hydrogen) atoms. The van der Waals surface area contributed by atoms with E-state index in [1.165, 1.54) is 0 Å². The molecule has 1 aromatic rings. The van der Waals surface area contributed by atoms with Crippen molar-refractivity contribution < 1.29 is 14.6 Å². The zero-order chi connectivity index (χ0) is 13.8. The molecule has 1 aliphatic heterocycles. The van der Waals surface area contributed by atoms with Gasteiger partial charge in [-0.1, -0.05) is 19.9 Å². The van der Waals surface area contributed by atoms with Crippen LogP contribution in [0.5, 0.6) is 11.5 Å². The van der Waals surface area contributed by atoms with E-state index in [9.17, 15) is 5.11 Å².